The van der Waals surface area contributed by atoms with Crippen molar-refractivity contribution >= 4 is 23.2 Å². The molecule has 4 nitrogen and oxygen atoms in total. The summed E-state index contributed by atoms with van der Waals surface area (Å²) in [7, 11) is 0. The van der Waals surface area contributed by atoms with Crippen LogP contribution in [0.2, 0.25) is 5.02 Å². The predicted molar refractivity (Wildman–Crippen MR) is 83.2 cm³/mol. The van der Waals surface area contributed by atoms with E-state index in [4.69, 9.17) is 22.1 Å². The number of benzene rings is 1. The van der Waals surface area contributed by atoms with Crippen molar-refractivity contribution in [1.82, 2.24) is 0 Å². The Hall–Kier alpha value is -1.26. The minimum absolute atomic E-state index is 0.0825. The Balaban J connectivity index is 2.70. The van der Waals surface area contributed by atoms with Gasteiger partial charge in [-0.3, -0.25) is 4.79 Å². The molecular weight excluding hydrogens is 276 g/mol. The molecular formula is C15H23ClN2O2. The third kappa shape index (κ3) is 5.02. The molecule has 0 saturated carbocycles. The van der Waals surface area contributed by atoms with Crippen molar-refractivity contribution in [3.8, 4) is 5.75 Å². The summed E-state index contributed by atoms with van der Waals surface area (Å²) in [5, 5.41) is 3.23. The van der Waals surface area contributed by atoms with Gasteiger partial charge in [0.1, 0.15) is 5.75 Å². The van der Waals surface area contributed by atoms with Crippen LogP contribution in [-0.4, -0.2) is 18.6 Å². The molecule has 0 radical (unpaired) electrons. The second-order valence-corrected chi connectivity index (χ2v) is 6.02. The van der Waals surface area contributed by atoms with Crippen LogP contribution in [0.15, 0.2) is 18.2 Å². The lowest BCUT2D eigenvalue weighted by Gasteiger charge is -2.16. The zero-order valence-electron chi connectivity index (χ0n) is 12.4. The smallest absolute Gasteiger partial charge is 0.241 e. The number of nitrogens with one attached hydrogen (secondary N) is 1. The molecule has 0 aliphatic carbocycles. The van der Waals surface area contributed by atoms with E-state index in [1.807, 2.05) is 13.8 Å². The van der Waals surface area contributed by atoms with Gasteiger partial charge in [-0.05, 0) is 30.0 Å². The summed E-state index contributed by atoms with van der Waals surface area (Å²) < 4.78 is 5.57. The summed E-state index contributed by atoms with van der Waals surface area (Å²) >= 11 is 6.13. The number of hydrogen-bond donors (Lipinski definition) is 2. The number of carbonyl (C=O) groups excluding carboxylic acids is 1. The highest BCUT2D eigenvalue weighted by Gasteiger charge is 2.17. The molecule has 1 aromatic rings. The fraction of sp³-hybridized carbons (Fsp3) is 0.533. The molecule has 0 unspecified atom stereocenters. The van der Waals surface area contributed by atoms with Crippen LogP contribution in [0.25, 0.3) is 0 Å². The maximum Gasteiger partial charge on any atom is 0.241 e. The summed E-state index contributed by atoms with van der Waals surface area (Å²) in [5.74, 6) is 0.909. The molecule has 1 rings (SSSR count). The first-order chi connectivity index (χ1) is 9.31. The number of carbonyl (C=O) groups is 1. The van der Waals surface area contributed by atoms with E-state index in [2.05, 4.69) is 19.2 Å². The van der Waals surface area contributed by atoms with Crippen molar-refractivity contribution in [2.45, 2.75) is 33.7 Å². The van der Waals surface area contributed by atoms with E-state index < -0.39 is 6.04 Å². The molecule has 0 fully saturated rings. The average molecular weight is 299 g/mol. The Morgan fingerprint density at radius 1 is 1.35 bits per heavy atom. The number of ether oxygens (including phenoxy) is 1. The van der Waals surface area contributed by atoms with E-state index in [1.165, 1.54) is 0 Å². The van der Waals surface area contributed by atoms with Gasteiger partial charge < -0.3 is 15.8 Å². The summed E-state index contributed by atoms with van der Waals surface area (Å²) in [4.78, 5) is 11.9. The number of rotatable bonds is 6. The zero-order valence-corrected chi connectivity index (χ0v) is 13.2. The first-order valence-corrected chi connectivity index (χ1v) is 7.17. The molecule has 5 heteroatoms. The van der Waals surface area contributed by atoms with Gasteiger partial charge in [-0.25, -0.2) is 0 Å². The fourth-order valence-electron chi connectivity index (χ4n) is 1.48. The Morgan fingerprint density at radius 3 is 2.50 bits per heavy atom. The van der Waals surface area contributed by atoms with Crippen LogP contribution in [0.3, 0.4) is 0 Å². The maximum absolute atomic E-state index is 11.9. The van der Waals surface area contributed by atoms with Crippen LogP contribution in [0, 0.1) is 11.8 Å². The van der Waals surface area contributed by atoms with Gasteiger partial charge in [0.2, 0.25) is 5.91 Å². The van der Waals surface area contributed by atoms with E-state index in [9.17, 15) is 4.79 Å². The third-order valence-electron chi connectivity index (χ3n) is 2.79. The Labute approximate surface area is 125 Å². The standard InChI is InChI=1S/C15H23ClN2O2/c1-9(2)8-20-13-6-5-11(7-12(13)16)18-15(19)14(17)10(3)4/h5-7,9-10,14H,8,17H2,1-4H3,(H,18,19)/t14-/m0/s1. The fourth-order valence-corrected chi connectivity index (χ4v) is 1.72. The molecule has 0 heterocycles. The van der Waals surface area contributed by atoms with Crippen LogP contribution < -0.4 is 15.8 Å². The van der Waals surface area contributed by atoms with Crippen LogP contribution >= 0.6 is 11.6 Å². The van der Waals surface area contributed by atoms with Gasteiger partial charge in [0.05, 0.1) is 17.7 Å². The molecule has 0 bridgehead atoms. The molecule has 0 spiro atoms. The second-order valence-electron chi connectivity index (χ2n) is 5.61. The molecule has 0 aliphatic rings. The topological polar surface area (TPSA) is 64.3 Å². The summed E-state index contributed by atoms with van der Waals surface area (Å²) in [5.41, 5.74) is 6.41. The van der Waals surface area contributed by atoms with Gasteiger partial charge in [-0.15, -0.1) is 0 Å². The van der Waals surface area contributed by atoms with Gasteiger partial charge in [-0.2, -0.15) is 0 Å². The van der Waals surface area contributed by atoms with E-state index in [1.54, 1.807) is 18.2 Å². The number of amides is 1. The lowest BCUT2D eigenvalue weighted by atomic mass is 10.0. The van der Waals surface area contributed by atoms with Gasteiger partial charge in [0.25, 0.3) is 0 Å². The Kier molecular flexibility index (Phi) is 6.30. The Morgan fingerprint density at radius 2 is 2.00 bits per heavy atom. The van der Waals surface area contributed by atoms with E-state index in [-0.39, 0.29) is 11.8 Å². The molecule has 1 atom stereocenters. The van der Waals surface area contributed by atoms with E-state index in [0.29, 0.717) is 29.0 Å². The number of hydrogen-bond acceptors (Lipinski definition) is 3. The van der Waals surface area contributed by atoms with Gasteiger partial charge >= 0.3 is 0 Å². The summed E-state index contributed by atoms with van der Waals surface area (Å²) in [6, 6.07) is 4.64. The minimum Gasteiger partial charge on any atom is -0.492 e. The lowest BCUT2D eigenvalue weighted by Crippen LogP contribution is -2.39. The number of halogens is 1. The van der Waals surface area contributed by atoms with Crippen molar-refractivity contribution in [2.75, 3.05) is 11.9 Å². The highest BCUT2D eigenvalue weighted by atomic mass is 35.5. The normalized spacial score (nSPS) is 12.6. The molecule has 3 N–H and O–H groups in total. The van der Waals surface area contributed by atoms with Crippen molar-refractivity contribution in [3.05, 3.63) is 23.2 Å². The highest BCUT2D eigenvalue weighted by molar-refractivity contribution is 6.32. The highest BCUT2D eigenvalue weighted by Crippen LogP contribution is 2.28. The van der Waals surface area contributed by atoms with Gasteiger partial charge in [-0.1, -0.05) is 39.3 Å². The van der Waals surface area contributed by atoms with Crippen molar-refractivity contribution in [2.24, 2.45) is 17.6 Å². The lowest BCUT2D eigenvalue weighted by molar-refractivity contribution is -0.118. The van der Waals surface area contributed by atoms with Crippen molar-refractivity contribution in [3.63, 3.8) is 0 Å². The predicted octanol–water partition coefficient (Wildman–Crippen LogP) is 3.30. The maximum atomic E-state index is 11.9. The van der Waals surface area contributed by atoms with Crippen molar-refractivity contribution in [1.29, 1.82) is 0 Å². The van der Waals surface area contributed by atoms with Crippen LogP contribution in [0.1, 0.15) is 27.7 Å². The largest absolute Gasteiger partial charge is 0.492 e. The van der Waals surface area contributed by atoms with Crippen LogP contribution in [-0.2, 0) is 4.79 Å². The quantitative estimate of drug-likeness (QED) is 0.847. The van der Waals surface area contributed by atoms with Crippen LogP contribution in [0.5, 0.6) is 5.75 Å². The number of anilines is 1. The molecule has 1 aromatic carbocycles. The van der Waals surface area contributed by atoms with Crippen molar-refractivity contribution < 1.29 is 9.53 Å². The van der Waals surface area contributed by atoms with E-state index in [0.717, 1.165) is 0 Å². The first-order valence-electron chi connectivity index (χ1n) is 6.80. The SMILES string of the molecule is CC(C)COc1ccc(NC(=O)[C@@H](N)C(C)C)cc1Cl. The summed E-state index contributed by atoms with van der Waals surface area (Å²) in [6.07, 6.45) is 0. The zero-order chi connectivity index (χ0) is 15.3. The average Bonchev–Trinajstić information content (AvgIpc) is 2.36. The molecule has 1 amide bonds. The number of nitrogens with two attached hydrogens (primary N) is 1. The van der Waals surface area contributed by atoms with Gasteiger partial charge in [0, 0.05) is 5.69 Å². The third-order valence-corrected chi connectivity index (χ3v) is 3.09. The first kappa shape index (κ1) is 16.8. The molecule has 20 heavy (non-hydrogen) atoms. The monoisotopic (exact) mass is 298 g/mol. The summed E-state index contributed by atoms with van der Waals surface area (Å²) in [6.45, 7) is 8.54. The van der Waals surface area contributed by atoms with Gasteiger partial charge in [0.15, 0.2) is 0 Å². The molecule has 0 aromatic heterocycles. The Bertz CT molecular complexity index is 461. The molecule has 0 saturated heterocycles. The molecule has 112 valence electrons. The second kappa shape index (κ2) is 7.50. The minimum atomic E-state index is -0.536. The van der Waals surface area contributed by atoms with E-state index >= 15 is 0 Å². The molecule has 0 aliphatic heterocycles. The van der Waals surface area contributed by atoms with Crippen LogP contribution in [0.4, 0.5) is 5.69 Å².